The number of aliphatic carboxylic acids is 1. The average molecular weight is 210 g/mol. The van der Waals surface area contributed by atoms with E-state index in [4.69, 9.17) is 9.66 Å². The van der Waals surface area contributed by atoms with E-state index in [2.05, 4.69) is 0 Å². The molecule has 0 saturated carbocycles. The minimum Gasteiger partial charge on any atom is -0.480 e. The largest absolute Gasteiger partial charge is 0.480 e. The van der Waals surface area contributed by atoms with Crippen LogP contribution in [0.15, 0.2) is 0 Å². The van der Waals surface area contributed by atoms with E-state index in [1.165, 1.54) is 0 Å². The van der Waals surface area contributed by atoms with Gasteiger partial charge in [0, 0.05) is 0 Å². The Kier molecular flexibility index (Phi) is 6.61. The highest BCUT2D eigenvalue weighted by Crippen LogP contribution is 1.87. The van der Waals surface area contributed by atoms with Crippen LogP contribution in [-0.4, -0.2) is 36.5 Å². The number of carbonyl (C=O) groups is 1. The first-order valence-corrected chi connectivity index (χ1v) is 3.85. The minimum absolute atomic E-state index is 1.23. The Labute approximate surface area is 65.6 Å². The van der Waals surface area contributed by atoms with E-state index in [-0.39, 0.29) is 0 Å². The molecule has 9 heteroatoms. The van der Waals surface area contributed by atoms with Gasteiger partial charge in [0.1, 0.15) is 0 Å². The van der Waals surface area contributed by atoms with Crippen LogP contribution in [0.4, 0.5) is 13.2 Å². The first-order valence-electron chi connectivity index (χ1n) is 2.24. The number of hydrogen-bond acceptors (Lipinski definition) is 3. The monoisotopic (exact) mass is 210 g/mol. The molecule has 0 aromatic carbocycles. The van der Waals surface area contributed by atoms with Crippen molar-refractivity contribution in [2.45, 2.75) is 6.68 Å². The predicted molar refractivity (Wildman–Crippen MR) is 31.2 cm³/mol. The van der Waals surface area contributed by atoms with E-state index >= 15 is 0 Å². The summed E-state index contributed by atoms with van der Waals surface area (Å²) in [4.78, 5) is 9.48. The van der Waals surface area contributed by atoms with Crippen molar-refractivity contribution in [1.82, 2.24) is 0 Å². The number of hydrogen-bond donors (Lipinski definition) is 2. The standard InChI is InChI=1S/C2H4O5S.CHF3/c3-2(4)1-8(5,6)7;2-1(3)4/h1H2,(H,3,4)(H,5,6,7);1H. The molecule has 0 fully saturated rings. The SMILES string of the molecule is FC(F)F.O=C(O)CS(=O)(=O)O. The summed E-state index contributed by atoms with van der Waals surface area (Å²) in [5.41, 5.74) is 0. The van der Waals surface area contributed by atoms with Gasteiger partial charge in [-0.05, 0) is 0 Å². The van der Waals surface area contributed by atoms with E-state index in [0.717, 1.165) is 0 Å². The van der Waals surface area contributed by atoms with Crippen LogP contribution in [0.2, 0.25) is 0 Å². The summed E-state index contributed by atoms with van der Waals surface area (Å²) in [6.45, 7) is -3.67. The second kappa shape index (κ2) is 5.77. The lowest BCUT2D eigenvalue weighted by Gasteiger charge is -1.85. The lowest BCUT2D eigenvalue weighted by molar-refractivity contribution is -0.134. The molecule has 0 aliphatic rings. The minimum atomic E-state index is -4.32. The van der Waals surface area contributed by atoms with Crippen molar-refractivity contribution >= 4 is 16.1 Å². The molecule has 0 saturated heterocycles. The maximum Gasteiger partial charge on any atom is 0.379 e. The second-order valence-corrected chi connectivity index (χ2v) is 2.82. The number of rotatable bonds is 2. The zero-order valence-electron chi connectivity index (χ0n) is 5.45. The summed E-state index contributed by atoms with van der Waals surface area (Å²) in [6, 6.07) is 0. The van der Waals surface area contributed by atoms with Crippen molar-refractivity contribution < 1.29 is 36.0 Å². The van der Waals surface area contributed by atoms with Gasteiger partial charge in [-0.2, -0.15) is 21.6 Å². The third kappa shape index (κ3) is 35.2. The molecule has 0 atom stereocenters. The van der Waals surface area contributed by atoms with Crippen LogP contribution in [0.3, 0.4) is 0 Å². The summed E-state index contributed by atoms with van der Waals surface area (Å²) in [5.74, 6) is -2.79. The molecule has 0 radical (unpaired) electrons. The second-order valence-electron chi connectivity index (χ2n) is 1.37. The summed E-state index contributed by atoms with van der Waals surface area (Å²) >= 11 is 0. The zero-order valence-corrected chi connectivity index (χ0v) is 6.26. The average Bonchev–Trinajstić information content (AvgIpc) is 1.52. The van der Waals surface area contributed by atoms with E-state index in [9.17, 15) is 26.4 Å². The van der Waals surface area contributed by atoms with E-state index in [1.807, 2.05) is 0 Å². The molecule has 0 spiro atoms. The quantitative estimate of drug-likeness (QED) is 0.632. The Balaban J connectivity index is 0. The van der Waals surface area contributed by atoms with Gasteiger partial charge in [0.25, 0.3) is 10.1 Å². The first-order chi connectivity index (χ1) is 5.15. The van der Waals surface area contributed by atoms with Crippen LogP contribution >= 0.6 is 0 Å². The molecule has 0 aliphatic heterocycles. The molecule has 0 aromatic rings. The molecule has 0 rings (SSSR count). The fourth-order valence-electron chi connectivity index (χ4n) is 0.156. The Morgan fingerprint density at radius 1 is 1.33 bits per heavy atom. The lowest BCUT2D eigenvalue weighted by atomic mass is 10.8. The van der Waals surface area contributed by atoms with Crippen molar-refractivity contribution in [3.63, 3.8) is 0 Å². The summed E-state index contributed by atoms with van der Waals surface area (Å²) in [5, 5.41) is 7.71. The molecule has 2 N–H and O–H groups in total. The number of alkyl halides is 3. The van der Waals surface area contributed by atoms with Gasteiger partial charge in [-0.3, -0.25) is 9.35 Å². The molecule has 0 bridgehead atoms. The highest BCUT2D eigenvalue weighted by Gasteiger charge is 2.09. The van der Waals surface area contributed by atoms with Gasteiger partial charge in [0.05, 0.1) is 0 Å². The molecule has 0 aliphatic carbocycles. The number of halogens is 3. The Morgan fingerprint density at radius 2 is 1.58 bits per heavy atom. The van der Waals surface area contributed by atoms with Crippen molar-refractivity contribution in [3.8, 4) is 0 Å². The molecule has 0 amide bonds. The fourth-order valence-corrected chi connectivity index (χ4v) is 0.468. The predicted octanol–water partition coefficient (Wildman–Crippen LogP) is 0.137. The lowest BCUT2D eigenvalue weighted by Crippen LogP contribution is -2.13. The van der Waals surface area contributed by atoms with E-state index in [1.54, 1.807) is 0 Å². The normalized spacial score (nSPS) is 10.4. The molecule has 0 unspecified atom stereocenters. The molecule has 12 heavy (non-hydrogen) atoms. The van der Waals surface area contributed by atoms with Crippen LogP contribution in [0.1, 0.15) is 0 Å². The van der Waals surface area contributed by atoms with Crippen LogP contribution < -0.4 is 0 Å². The first kappa shape index (κ1) is 13.7. The van der Waals surface area contributed by atoms with E-state index < -0.39 is 28.5 Å². The van der Waals surface area contributed by atoms with Gasteiger partial charge >= 0.3 is 12.6 Å². The molecular weight excluding hydrogens is 205 g/mol. The van der Waals surface area contributed by atoms with Gasteiger partial charge in [-0.1, -0.05) is 0 Å². The maximum atomic E-state index is 9.67. The van der Waals surface area contributed by atoms with Crippen LogP contribution in [0.5, 0.6) is 0 Å². The van der Waals surface area contributed by atoms with Crippen LogP contribution in [0, 0.1) is 0 Å². The molecule has 5 nitrogen and oxygen atoms in total. The van der Waals surface area contributed by atoms with Gasteiger partial charge in [-0.15, -0.1) is 0 Å². The zero-order chi connectivity index (χ0) is 10.4. The smallest absolute Gasteiger partial charge is 0.379 e. The molecule has 74 valence electrons. The third-order valence-corrected chi connectivity index (χ3v) is 0.918. The summed E-state index contributed by atoms with van der Waals surface area (Å²) < 4.78 is 56.0. The molecule has 0 heterocycles. The third-order valence-electron chi connectivity index (χ3n) is 0.306. The van der Waals surface area contributed by atoms with Gasteiger partial charge < -0.3 is 5.11 Å². The van der Waals surface area contributed by atoms with Crippen molar-refractivity contribution in [3.05, 3.63) is 0 Å². The number of carboxylic acids is 1. The maximum absolute atomic E-state index is 9.67. The highest BCUT2D eigenvalue weighted by atomic mass is 32.2. The Hall–Kier alpha value is -0.830. The summed E-state index contributed by atoms with van der Waals surface area (Å²) in [7, 11) is -4.32. The number of carboxylic acid groups (broad SMARTS) is 1. The summed E-state index contributed by atoms with van der Waals surface area (Å²) in [6.07, 6.45) is 0. The highest BCUT2D eigenvalue weighted by molar-refractivity contribution is 7.86. The Bertz CT molecular complexity index is 219. The topological polar surface area (TPSA) is 91.7 Å². The van der Waals surface area contributed by atoms with Crippen molar-refractivity contribution in [2.24, 2.45) is 0 Å². The van der Waals surface area contributed by atoms with Crippen molar-refractivity contribution in [2.75, 3.05) is 5.75 Å². The van der Waals surface area contributed by atoms with Gasteiger partial charge in [0.2, 0.25) is 0 Å². The molecular formula is C3H5F3O5S. The van der Waals surface area contributed by atoms with E-state index in [0.29, 0.717) is 0 Å². The van der Waals surface area contributed by atoms with Crippen LogP contribution in [-0.2, 0) is 14.9 Å². The fraction of sp³-hybridized carbons (Fsp3) is 0.667. The molecule has 0 aromatic heterocycles. The van der Waals surface area contributed by atoms with Gasteiger partial charge in [0.15, 0.2) is 5.75 Å². The van der Waals surface area contributed by atoms with Gasteiger partial charge in [-0.25, -0.2) is 0 Å². The van der Waals surface area contributed by atoms with Crippen molar-refractivity contribution in [1.29, 1.82) is 0 Å². The Morgan fingerprint density at radius 3 is 1.58 bits per heavy atom. The van der Waals surface area contributed by atoms with Crippen LogP contribution in [0.25, 0.3) is 0 Å².